The molecule has 0 spiro atoms. The van der Waals surface area contributed by atoms with Gasteiger partial charge in [0.05, 0.1) is 11.6 Å². The average molecular weight is 424 g/mol. The van der Waals surface area contributed by atoms with Crippen LogP contribution in [-0.4, -0.2) is 52.4 Å². The molecule has 0 bridgehead atoms. The summed E-state index contributed by atoms with van der Waals surface area (Å²) in [6.45, 7) is 1.51. The van der Waals surface area contributed by atoms with Crippen LogP contribution in [0.3, 0.4) is 0 Å². The minimum Gasteiger partial charge on any atom is -0.472 e. The number of carboxylic acid groups (broad SMARTS) is 1. The summed E-state index contributed by atoms with van der Waals surface area (Å²) in [6, 6.07) is 11.2. The normalized spacial score (nSPS) is 25.5. The van der Waals surface area contributed by atoms with Gasteiger partial charge in [-0.3, -0.25) is 4.90 Å². The third-order valence-electron chi connectivity index (χ3n) is 6.19. The molecule has 1 saturated heterocycles. The first-order chi connectivity index (χ1) is 15.0. The highest BCUT2D eigenvalue weighted by Crippen LogP contribution is 2.40. The van der Waals surface area contributed by atoms with E-state index in [0.29, 0.717) is 30.8 Å². The number of piperidine rings is 1. The van der Waals surface area contributed by atoms with Gasteiger partial charge in [-0.05, 0) is 61.9 Å². The first kappa shape index (κ1) is 21.1. The third-order valence-corrected chi connectivity index (χ3v) is 6.19. The molecule has 1 aromatic heterocycles. The fourth-order valence-corrected chi connectivity index (χ4v) is 4.71. The van der Waals surface area contributed by atoms with Crippen molar-refractivity contribution in [3.8, 4) is 11.9 Å². The first-order valence-corrected chi connectivity index (χ1v) is 10.6. The lowest BCUT2D eigenvalue weighted by molar-refractivity contribution is 0.0453. The highest BCUT2D eigenvalue weighted by atomic mass is 19.1. The van der Waals surface area contributed by atoms with Gasteiger partial charge in [0, 0.05) is 24.8 Å². The molecule has 1 aliphatic heterocycles. The van der Waals surface area contributed by atoms with Gasteiger partial charge in [-0.2, -0.15) is 5.26 Å². The molecule has 2 heterocycles. The molecule has 7 nitrogen and oxygen atoms in total. The van der Waals surface area contributed by atoms with Crippen LogP contribution in [0.25, 0.3) is 0 Å². The zero-order valence-corrected chi connectivity index (χ0v) is 17.1. The molecule has 8 heteroatoms. The molecule has 1 saturated carbocycles. The summed E-state index contributed by atoms with van der Waals surface area (Å²) >= 11 is 0. The van der Waals surface area contributed by atoms with Crippen LogP contribution in [0.1, 0.15) is 42.7 Å². The zero-order chi connectivity index (χ0) is 21.8. The predicted octanol–water partition coefficient (Wildman–Crippen LogP) is 3.52. The first-order valence-electron chi connectivity index (χ1n) is 10.6. The number of ether oxygens (including phenoxy) is 1. The standard InChI is InChI=1S/C23H25FN4O3/c24-18-6-4-16(5-7-18)17-10-20(28(23(29)30)19-2-1-9-26-14-19)21(11-17)31-22-8-3-15(12-25)13-27-22/h3-8,13,17,19-21,26H,1-2,9-11,14H2,(H,29,30)/t17-,19-,20-,21-/m1/s1. The minimum atomic E-state index is -0.958. The summed E-state index contributed by atoms with van der Waals surface area (Å²) in [7, 11) is 0. The monoisotopic (exact) mass is 424 g/mol. The Morgan fingerprint density at radius 2 is 2.06 bits per heavy atom. The Balaban J connectivity index is 1.61. The van der Waals surface area contributed by atoms with E-state index in [1.54, 1.807) is 29.2 Å². The molecule has 4 atom stereocenters. The number of pyridine rings is 1. The van der Waals surface area contributed by atoms with Crippen LogP contribution < -0.4 is 10.1 Å². The molecule has 1 aromatic carbocycles. The van der Waals surface area contributed by atoms with Gasteiger partial charge in [0.15, 0.2) is 0 Å². The van der Waals surface area contributed by atoms with E-state index in [2.05, 4.69) is 10.3 Å². The van der Waals surface area contributed by atoms with Gasteiger partial charge in [-0.25, -0.2) is 14.2 Å². The third kappa shape index (κ3) is 4.78. The molecule has 162 valence electrons. The summed E-state index contributed by atoms with van der Waals surface area (Å²) in [6.07, 6.45) is 3.01. The van der Waals surface area contributed by atoms with Crippen molar-refractivity contribution in [2.45, 2.75) is 49.8 Å². The summed E-state index contributed by atoms with van der Waals surface area (Å²) in [5, 5.41) is 22.3. The molecule has 2 fully saturated rings. The van der Waals surface area contributed by atoms with Crippen molar-refractivity contribution in [3.63, 3.8) is 0 Å². The van der Waals surface area contributed by atoms with Crippen molar-refractivity contribution in [1.82, 2.24) is 15.2 Å². The highest BCUT2D eigenvalue weighted by Gasteiger charge is 2.44. The zero-order valence-electron chi connectivity index (χ0n) is 17.1. The van der Waals surface area contributed by atoms with E-state index in [1.165, 1.54) is 18.3 Å². The number of halogens is 1. The van der Waals surface area contributed by atoms with Crippen molar-refractivity contribution >= 4 is 6.09 Å². The number of carbonyl (C=O) groups is 1. The summed E-state index contributed by atoms with van der Waals surface area (Å²) < 4.78 is 19.6. The smallest absolute Gasteiger partial charge is 0.407 e. The van der Waals surface area contributed by atoms with Gasteiger partial charge in [0.2, 0.25) is 5.88 Å². The van der Waals surface area contributed by atoms with E-state index >= 15 is 0 Å². The quantitative estimate of drug-likeness (QED) is 0.762. The van der Waals surface area contributed by atoms with E-state index in [-0.39, 0.29) is 23.8 Å². The lowest BCUT2D eigenvalue weighted by Crippen LogP contribution is -2.55. The average Bonchev–Trinajstić information content (AvgIpc) is 3.18. The Labute approximate surface area is 180 Å². The Kier molecular flexibility index (Phi) is 6.33. The predicted molar refractivity (Wildman–Crippen MR) is 111 cm³/mol. The summed E-state index contributed by atoms with van der Waals surface area (Å²) in [5.74, 6) is 0.113. The number of aromatic nitrogens is 1. The molecule has 31 heavy (non-hydrogen) atoms. The van der Waals surface area contributed by atoms with Crippen LogP contribution in [-0.2, 0) is 0 Å². The maximum atomic E-state index is 13.4. The van der Waals surface area contributed by atoms with Crippen LogP contribution >= 0.6 is 0 Å². The molecular formula is C23H25FN4O3. The van der Waals surface area contributed by atoms with Crippen LogP contribution in [0.5, 0.6) is 5.88 Å². The Morgan fingerprint density at radius 1 is 1.26 bits per heavy atom. The highest BCUT2D eigenvalue weighted by molar-refractivity contribution is 5.66. The topological polar surface area (TPSA) is 98.5 Å². The number of nitrogens with one attached hydrogen (secondary N) is 1. The molecule has 1 amide bonds. The van der Waals surface area contributed by atoms with Crippen LogP contribution in [0.15, 0.2) is 42.6 Å². The summed E-state index contributed by atoms with van der Waals surface area (Å²) in [4.78, 5) is 18.0. The van der Waals surface area contributed by atoms with Gasteiger partial charge in [0.25, 0.3) is 0 Å². The lowest BCUT2D eigenvalue weighted by Gasteiger charge is -2.38. The van der Waals surface area contributed by atoms with E-state index in [1.807, 2.05) is 6.07 Å². The summed E-state index contributed by atoms with van der Waals surface area (Å²) in [5.41, 5.74) is 1.40. The molecule has 2 aromatic rings. The van der Waals surface area contributed by atoms with E-state index in [9.17, 15) is 14.3 Å². The minimum absolute atomic E-state index is 0.0485. The molecule has 1 aliphatic carbocycles. The largest absolute Gasteiger partial charge is 0.472 e. The Morgan fingerprint density at radius 3 is 2.68 bits per heavy atom. The molecule has 0 unspecified atom stereocenters. The van der Waals surface area contributed by atoms with Gasteiger partial charge < -0.3 is 15.2 Å². The van der Waals surface area contributed by atoms with Crippen molar-refractivity contribution in [2.24, 2.45) is 0 Å². The Bertz CT molecular complexity index is 939. The van der Waals surface area contributed by atoms with Crippen molar-refractivity contribution < 1.29 is 19.0 Å². The molecule has 2 N–H and O–H groups in total. The fraction of sp³-hybridized carbons (Fsp3) is 0.435. The van der Waals surface area contributed by atoms with Gasteiger partial charge in [0.1, 0.15) is 18.0 Å². The fourth-order valence-electron chi connectivity index (χ4n) is 4.71. The second kappa shape index (κ2) is 9.31. The Hall–Kier alpha value is -3.18. The lowest BCUT2D eigenvalue weighted by atomic mass is 9.97. The second-order valence-electron chi connectivity index (χ2n) is 8.13. The SMILES string of the molecule is N#Cc1ccc(O[C@@H]2C[C@H](c3ccc(F)cc3)C[C@H]2N(C(=O)O)[C@@H]2CCCNC2)nc1. The molecular weight excluding hydrogens is 399 g/mol. The van der Waals surface area contributed by atoms with Crippen molar-refractivity contribution in [1.29, 1.82) is 5.26 Å². The van der Waals surface area contributed by atoms with E-state index in [0.717, 1.165) is 24.9 Å². The van der Waals surface area contributed by atoms with Crippen molar-refractivity contribution in [3.05, 3.63) is 59.5 Å². The van der Waals surface area contributed by atoms with Crippen LogP contribution in [0.4, 0.5) is 9.18 Å². The van der Waals surface area contributed by atoms with Crippen LogP contribution in [0, 0.1) is 17.1 Å². The second-order valence-corrected chi connectivity index (χ2v) is 8.13. The van der Waals surface area contributed by atoms with Gasteiger partial charge in [-0.1, -0.05) is 12.1 Å². The number of nitriles is 1. The molecule has 4 rings (SSSR count). The van der Waals surface area contributed by atoms with E-state index in [4.69, 9.17) is 10.00 Å². The van der Waals surface area contributed by atoms with Crippen LogP contribution in [0.2, 0.25) is 0 Å². The number of hydrogen-bond donors (Lipinski definition) is 2. The number of benzene rings is 1. The van der Waals surface area contributed by atoms with Gasteiger partial charge in [-0.15, -0.1) is 0 Å². The molecule has 2 aliphatic rings. The van der Waals surface area contributed by atoms with Crippen molar-refractivity contribution in [2.75, 3.05) is 13.1 Å². The number of hydrogen-bond acceptors (Lipinski definition) is 5. The maximum absolute atomic E-state index is 13.4. The van der Waals surface area contributed by atoms with Gasteiger partial charge >= 0.3 is 6.09 Å². The number of rotatable bonds is 5. The molecule has 0 radical (unpaired) electrons. The maximum Gasteiger partial charge on any atom is 0.407 e. The van der Waals surface area contributed by atoms with E-state index < -0.39 is 12.2 Å². The number of amides is 1. The number of nitrogens with zero attached hydrogens (tertiary/aromatic N) is 3.